The van der Waals surface area contributed by atoms with Crippen LogP contribution in [0, 0.1) is 5.82 Å². The molecular formula is C21H34FN5. The number of hydrogen-bond donors (Lipinski definition) is 2. The lowest BCUT2D eigenvalue weighted by Crippen LogP contribution is -2.53. The van der Waals surface area contributed by atoms with Gasteiger partial charge in [-0.25, -0.2) is 4.39 Å². The molecule has 0 amide bonds. The van der Waals surface area contributed by atoms with Gasteiger partial charge in [0.05, 0.1) is 0 Å². The van der Waals surface area contributed by atoms with E-state index in [1.807, 2.05) is 12.1 Å². The van der Waals surface area contributed by atoms with Crippen molar-refractivity contribution >= 4 is 5.96 Å². The zero-order valence-corrected chi connectivity index (χ0v) is 17.0. The van der Waals surface area contributed by atoms with Crippen molar-refractivity contribution in [2.24, 2.45) is 4.99 Å². The molecule has 0 bridgehead atoms. The van der Waals surface area contributed by atoms with Crippen molar-refractivity contribution < 1.29 is 4.39 Å². The van der Waals surface area contributed by atoms with E-state index in [1.54, 1.807) is 19.2 Å². The molecular weight excluding hydrogens is 341 g/mol. The second kappa shape index (κ2) is 9.02. The van der Waals surface area contributed by atoms with Crippen LogP contribution >= 0.6 is 0 Å². The van der Waals surface area contributed by atoms with Gasteiger partial charge in [-0.3, -0.25) is 9.89 Å². The van der Waals surface area contributed by atoms with E-state index in [9.17, 15) is 4.39 Å². The van der Waals surface area contributed by atoms with Crippen LogP contribution in [0.1, 0.15) is 32.3 Å². The first-order chi connectivity index (χ1) is 13.1. The predicted octanol–water partition coefficient (Wildman–Crippen LogP) is 2.05. The average Bonchev–Trinajstić information content (AvgIpc) is 3.49. The molecule has 1 aliphatic heterocycles. The number of guanidine groups is 1. The average molecular weight is 376 g/mol. The van der Waals surface area contributed by atoms with Gasteiger partial charge in [0.2, 0.25) is 0 Å². The Hall–Kier alpha value is -1.66. The number of aliphatic imine (C=N–C) groups is 1. The highest BCUT2D eigenvalue weighted by Gasteiger charge is 2.45. The van der Waals surface area contributed by atoms with Crippen LogP contribution in [0.15, 0.2) is 29.3 Å². The minimum Gasteiger partial charge on any atom is -0.356 e. The first kappa shape index (κ1) is 20.1. The molecule has 1 unspecified atom stereocenters. The normalized spacial score (nSPS) is 21.7. The minimum atomic E-state index is -0.0976. The summed E-state index contributed by atoms with van der Waals surface area (Å²) in [5, 5.41) is 6.87. The molecule has 1 aromatic rings. The number of halogens is 1. The maximum absolute atomic E-state index is 14.2. The summed E-state index contributed by atoms with van der Waals surface area (Å²) in [4.78, 5) is 9.38. The van der Waals surface area contributed by atoms with Gasteiger partial charge in [0, 0.05) is 57.8 Å². The molecule has 6 heteroatoms. The van der Waals surface area contributed by atoms with E-state index < -0.39 is 0 Å². The highest BCUT2D eigenvalue weighted by atomic mass is 19.1. The maximum atomic E-state index is 14.2. The minimum absolute atomic E-state index is 0.0783. The summed E-state index contributed by atoms with van der Waals surface area (Å²) in [7, 11) is 1.79. The fourth-order valence-electron chi connectivity index (χ4n) is 3.95. The molecule has 27 heavy (non-hydrogen) atoms. The topological polar surface area (TPSA) is 42.9 Å². The van der Waals surface area contributed by atoms with E-state index in [-0.39, 0.29) is 11.2 Å². The standard InChI is InChI=1S/C21H34FN5/c1-4-26-11-13-27(14-12-26)17(2)15-24-20(23-3)25-16-21(9-10-21)18-7-5-6-8-19(18)22/h5-8,17H,4,9-16H2,1-3H3,(H2,23,24,25). The summed E-state index contributed by atoms with van der Waals surface area (Å²) in [6, 6.07) is 7.61. The molecule has 2 N–H and O–H groups in total. The lowest BCUT2D eigenvalue weighted by atomic mass is 9.95. The van der Waals surface area contributed by atoms with E-state index in [0.29, 0.717) is 6.04 Å². The van der Waals surface area contributed by atoms with Gasteiger partial charge in [-0.1, -0.05) is 25.1 Å². The van der Waals surface area contributed by atoms with Crippen molar-refractivity contribution in [1.82, 2.24) is 20.4 Å². The van der Waals surface area contributed by atoms with Crippen LogP contribution in [0.3, 0.4) is 0 Å². The molecule has 5 nitrogen and oxygen atoms in total. The monoisotopic (exact) mass is 375 g/mol. The number of nitrogens with one attached hydrogen (secondary N) is 2. The molecule has 1 aromatic carbocycles. The molecule has 1 aliphatic carbocycles. The fraction of sp³-hybridized carbons (Fsp3) is 0.667. The summed E-state index contributed by atoms with van der Waals surface area (Å²) in [5.41, 5.74) is 0.750. The van der Waals surface area contributed by atoms with Crippen LogP contribution in [0.5, 0.6) is 0 Å². The maximum Gasteiger partial charge on any atom is 0.191 e. The lowest BCUT2D eigenvalue weighted by molar-refractivity contribution is 0.107. The second-order valence-electron chi connectivity index (χ2n) is 7.89. The summed E-state index contributed by atoms with van der Waals surface area (Å²) >= 11 is 0. The zero-order chi connectivity index (χ0) is 19.3. The number of rotatable bonds is 7. The van der Waals surface area contributed by atoms with Crippen LogP contribution in [-0.2, 0) is 5.41 Å². The highest BCUT2D eigenvalue weighted by Crippen LogP contribution is 2.48. The number of hydrogen-bond acceptors (Lipinski definition) is 3. The van der Waals surface area contributed by atoms with E-state index in [1.165, 1.54) is 0 Å². The number of benzene rings is 1. The molecule has 150 valence electrons. The molecule has 1 heterocycles. The first-order valence-corrected chi connectivity index (χ1v) is 10.2. The Morgan fingerprint density at radius 1 is 1.19 bits per heavy atom. The van der Waals surface area contributed by atoms with Crippen molar-refractivity contribution in [2.75, 3.05) is 52.9 Å². The van der Waals surface area contributed by atoms with Gasteiger partial charge < -0.3 is 15.5 Å². The SMILES string of the molecule is CCN1CCN(C(C)CNC(=NC)NCC2(c3ccccc3F)CC2)CC1. The van der Waals surface area contributed by atoms with Crippen LogP contribution in [0.2, 0.25) is 0 Å². The third kappa shape index (κ3) is 4.99. The largest absolute Gasteiger partial charge is 0.356 e. The number of likely N-dealkylation sites (N-methyl/N-ethyl adjacent to an activating group) is 1. The predicted molar refractivity (Wildman–Crippen MR) is 110 cm³/mol. The van der Waals surface area contributed by atoms with Crippen molar-refractivity contribution in [2.45, 2.75) is 38.1 Å². The quantitative estimate of drug-likeness (QED) is 0.565. The van der Waals surface area contributed by atoms with Crippen LogP contribution < -0.4 is 10.6 Å². The molecule has 3 rings (SSSR count). The van der Waals surface area contributed by atoms with Gasteiger partial charge in [-0.2, -0.15) is 0 Å². The van der Waals surface area contributed by atoms with Gasteiger partial charge in [0.15, 0.2) is 5.96 Å². The van der Waals surface area contributed by atoms with Crippen molar-refractivity contribution in [3.8, 4) is 0 Å². The number of piperazine rings is 1. The van der Waals surface area contributed by atoms with Gasteiger partial charge in [-0.15, -0.1) is 0 Å². The van der Waals surface area contributed by atoms with Gasteiger partial charge >= 0.3 is 0 Å². The van der Waals surface area contributed by atoms with Crippen molar-refractivity contribution in [1.29, 1.82) is 0 Å². The van der Waals surface area contributed by atoms with Crippen molar-refractivity contribution in [3.05, 3.63) is 35.6 Å². The molecule has 2 aliphatic rings. The van der Waals surface area contributed by atoms with E-state index in [0.717, 1.165) is 70.2 Å². The van der Waals surface area contributed by atoms with Crippen LogP contribution in [-0.4, -0.2) is 74.7 Å². The number of nitrogens with zero attached hydrogens (tertiary/aromatic N) is 3. The lowest BCUT2D eigenvalue weighted by Gasteiger charge is -2.37. The zero-order valence-electron chi connectivity index (χ0n) is 17.0. The first-order valence-electron chi connectivity index (χ1n) is 10.2. The molecule has 2 fully saturated rings. The van der Waals surface area contributed by atoms with E-state index in [2.05, 4.69) is 39.3 Å². The van der Waals surface area contributed by atoms with Crippen molar-refractivity contribution in [3.63, 3.8) is 0 Å². The van der Waals surface area contributed by atoms with E-state index >= 15 is 0 Å². The van der Waals surface area contributed by atoms with Gasteiger partial charge in [0.25, 0.3) is 0 Å². The van der Waals surface area contributed by atoms with E-state index in [4.69, 9.17) is 0 Å². The summed E-state index contributed by atoms with van der Waals surface area (Å²) in [5.74, 6) is 0.705. The third-order valence-electron chi connectivity index (χ3n) is 6.16. The fourth-order valence-corrected chi connectivity index (χ4v) is 3.95. The third-order valence-corrected chi connectivity index (χ3v) is 6.16. The highest BCUT2D eigenvalue weighted by molar-refractivity contribution is 5.79. The molecule has 1 saturated heterocycles. The Labute approximate surface area is 163 Å². The molecule has 0 spiro atoms. The smallest absolute Gasteiger partial charge is 0.191 e. The molecule has 1 saturated carbocycles. The Kier molecular flexibility index (Phi) is 6.71. The Balaban J connectivity index is 1.46. The summed E-state index contributed by atoms with van der Waals surface area (Å²) in [6.45, 7) is 11.8. The van der Waals surface area contributed by atoms with Crippen LogP contribution in [0.4, 0.5) is 4.39 Å². The molecule has 1 atom stereocenters. The molecule has 0 radical (unpaired) electrons. The van der Waals surface area contributed by atoms with Crippen LogP contribution in [0.25, 0.3) is 0 Å². The van der Waals surface area contributed by atoms with Gasteiger partial charge in [-0.05, 0) is 37.9 Å². The summed E-state index contributed by atoms with van der Waals surface area (Å²) < 4.78 is 14.2. The Morgan fingerprint density at radius 3 is 2.48 bits per heavy atom. The second-order valence-corrected chi connectivity index (χ2v) is 7.89. The Morgan fingerprint density at radius 2 is 1.89 bits per heavy atom. The molecule has 0 aromatic heterocycles. The summed E-state index contributed by atoms with van der Waals surface area (Å²) in [6.07, 6.45) is 2.05. The Bertz CT molecular complexity index is 635. The van der Waals surface area contributed by atoms with Gasteiger partial charge in [0.1, 0.15) is 5.82 Å².